The van der Waals surface area contributed by atoms with Gasteiger partial charge in [0.1, 0.15) is 0 Å². The zero-order valence-electron chi connectivity index (χ0n) is 9.23. The Labute approximate surface area is 97.5 Å². The summed E-state index contributed by atoms with van der Waals surface area (Å²) < 4.78 is 0. The largest absolute Gasteiger partial charge is 0.339 e. The first-order valence-corrected chi connectivity index (χ1v) is 5.09. The van der Waals surface area contributed by atoms with Crippen molar-refractivity contribution in [3.63, 3.8) is 0 Å². The third-order valence-electron chi connectivity index (χ3n) is 2.22. The minimum atomic E-state index is -0.256. The molecule has 0 saturated carbocycles. The number of carbonyl (C=O) groups is 1. The number of nitrogens with zero attached hydrogens (tertiary/aromatic N) is 1. The first-order chi connectivity index (χ1) is 8.15. The maximum atomic E-state index is 11.2. The molecule has 0 unspecified atom stereocenters. The van der Waals surface area contributed by atoms with Crippen LogP contribution in [0.1, 0.15) is 17.3 Å². The van der Waals surface area contributed by atoms with Crippen LogP contribution in [0, 0.1) is 0 Å². The minimum absolute atomic E-state index is 0.00285. The second-order valence-corrected chi connectivity index (χ2v) is 3.57. The van der Waals surface area contributed by atoms with E-state index < -0.39 is 0 Å². The Morgan fingerprint density at radius 2 is 2.12 bits per heavy atom. The lowest BCUT2D eigenvalue weighted by atomic mass is 10.1. The van der Waals surface area contributed by atoms with Gasteiger partial charge in [0.05, 0.1) is 0 Å². The Hall–Kier alpha value is -2.43. The molecule has 0 bridgehead atoms. The van der Waals surface area contributed by atoms with Crippen molar-refractivity contribution < 1.29 is 4.79 Å². The lowest BCUT2D eigenvalue weighted by molar-refractivity contribution is 0.101. The van der Waals surface area contributed by atoms with Crippen LogP contribution in [0.5, 0.6) is 0 Å². The van der Waals surface area contributed by atoms with E-state index in [0.717, 1.165) is 5.69 Å². The van der Waals surface area contributed by atoms with E-state index in [2.05, 4.69) is 15.5 Å². The third kappa shape index (κ3) is 2.78. The number of rotatable bonds is 3. The summed E-state index contributed by atoms with van der Waals surface area (Å²) in [4.78, 5) is 22.0. The molecule has 5 nitrogen and oxygen atoms in total. The highest BCUT2D eigenvalue weighted by Gasteiger charge is 2.01. The molecule has 0 radical (unpaired) electrons. The number of nitrogens with one attached hydrogen (secondary N) is 2. The summed E-state index contributed by atoms with van der Waals surface area (Å²) >= 11 is 0. The van der Waals surface area contributed by atoms with Gasteiger partial charge in [-0.05, 0) is 25.1 Å². The summed E-state index contributed by atoms with van der Waals surface area (Å²) in [5.41, 5.74) is 1.12. The highest BCUT2D eigenvalue weighted by atomic mass is 16.1. The zero-order valence-corrected chi connectivity index (χ0v) is 9.23. The van der Waals surface area contributed by atoms with Gasteiger partial charge in [0.15, 0.2) is 11.6 Å². The van der Waals surface area contributed by atoms with Gasteiger partial charge in [0.25, 0.3) is 5.56 Å². The van der Waals surface area contributed by atoms with Gasteiger partial charge in [-0.3, -0.25) is 9.59 Å². The molecule has 1 heterocycles. The van der Waals surface area contributed by atoms with E-state index in [0.29, 0.717) is 11.4 Å². The molecule has 2 rings (SSSR count). The maximum absolute atomic E-state index is 11.2. The average Bonchev–Trinajstić information content (AvgIpc) is 2.32. The Bertz CT molecular complexity index is 584. The molecule has 0 saturated heterocycles. The van der Waals surface area contributed by atoms with E-state index in [1.165, 1.54) is 13.0 Å². The molecule has 2 aromatic rings. The minimum Gasteiger partial charge on any atom is -0.339 e. The SMILES string of the molecule is CC(=O)c1cccc(Nc2ccc(=O)[nH]n2)c1. The van der Waals surface area contributed by atoms with Crippen LogP contribution in [0.15, 0.2) is 41.2 Å². The zero-order chi connectivity index (χ0) is 12.3. The van der Waals surface area contributed by atoms with Crippen LogP contribution in [0.4, 0.5) is 11.5 Å². The molecular formula is C12H11N3O2. The van der Waals surface area contributed by atoms with Crippen LogP contribution in [-0.2, 0) is 0 Å². The van der Waals surface area contributed by atoms with Crippen LogP contribution in [0.25, 0.3) is 0 Å². The van der Waals surface area contributed by atoms with Crippen molar-refractivity contribution in [1.29, 1.82) is 0 Å². The number of aromatic amines is 1. The molecule has 0 aliphatic rings. The number of aromatic nitrogens is 2. The molecule has 17 heavy (non-hydrogen) atoms. The molecule has 86 valence electrons. The van der Waals surface area contributed by atoms with Gasteiger partial charge < -0.3 is 5.32 Å². The van der Waals surface area contributed by atoms with Gasteiger partial charge in [-0.1, -0.05) is 12.1 Å². The highest BCUT2D eigenvalue weighted by molar-refractivity contribution is 5.95. The number of ketones is 1. The fourth-order valence-electron chi connectivity index (χ4n) is 1.38. The quantitative estimate of drug-likeness (QED) is 0.786. The van der Waals surface area contributed by atoms with Crippen molar-refractivity contribution in [3.8, 4) is 0 Å². The third-order valence-corrected chi connectivity index (χ3v) is 2.22. The van der Waals surface area contributed by atoms with Gasteiger partial charge in [-0.25, -0.2) is 5.10 Å². The second kappa shape index (κ2) is 4.61. The smallest absolute Gasteiger partial charge is 0.264 e. The predicted molar refractivity (Wildman–Crippen MR) is 64.6 cm³/mol. The first-order valence-electron chi connectivity index (χ1n) is 5.09. The van der Waals surface area contributed by atoms with E-state index >= 15 is 0 Å². The molecule has 5 heteroatoms. The summed E-state index contributed by atoms with van der Waals surface area (Å²) in [5, 5.41) is 9.13. The van der Waals surface area contributed by atoms with Gasteiger partial charge in [-0.2, -0.15) is 5.10 Å². The van der Waals surface area contributed by atoms with Crippen LogP contribution in [0.3, 0.4) is 0 Å². The number of hydrogen-bond acceptors (Lipinski definition) is 4. The van der Waals surface area contributed by atoms with Crippen LogP contribution in [-0.4, -0.2) is 16.0 Å². The van der Waals surface area contributed by atoms with E-state index in [1.54, 1.807) is 24.3 Å². The van der Waals surface area contributed by atoms with E-state index in [4.69, 9.17) is 0 Å². The molecule has 1 aromatic carbocycles. The number of H-pyrrole nitrogens is 1. The van der Waals surface area contributed by atoms with E-state index in [-0.39, 0.29) is 11.3 Å². The van der Waals surface area contributed by atoms with Gasteiger partial charge in [0, 0.05) is 17.3 Å². The monoisotopic (exact) mass is 229 g/mol. The first kappa shape index (κ1) is 11.1. The Morgan fingerprint density at radius 1 is 1.29 bits per heavy atom. The molecule has 1 aromatic heterocycles. The van der Waals surface area contributed by atoms with E-state index in [1.807, 2.05) is 6.07 Å². The number of benzene rings is 1. The fourth-order valence-corrected chi connectivity index (χ4v) is 1.38. The summed E-state index contributed by atoms with van der Waals surface area (Å²) in [6.45, 7) is 1.51. The van der Waals surface area contributed by atoms with Gasteiger partial charge >= 0.3 is 0 Å². The molecule has 2 N–H and O–H groups in total. The number of carbonyl (C=O) groups excluding carboxylic acids is 1. The molecule has 0 spiro atoms. The Balaban J connectivity index is 2.24. The molecular weight excluding hydrogens is 218 g/mol. The van der Waals surface area contributed by atoms with Crippen LogP contribution in [0.2, 0.25) is 0 Å². The summed E-state index contributed by atoms with van der Waals surface area (Å²) in [5.74, 6) is 0.522. The molecule has 0 atom stereocenters. The second-order valence-electron chi connectivity index (χ2n) is 3.57. The highest BCUT2D eigenvalue weighted by Crippen LogP contribution is 2.15. The summed E-state index contributed by atoms with van der Waals surface area (Å²) in [6.07, 6.45) is 0. The van der Waals surface area contributed by atoms with Crippen molar-refractivity contribution in [2.45, 2.75) is 6.92 Å². The summed E-state index contributed by atoms with van der Waals surface area (Å²) in [6, 6.07) is 10.0. The van der Waals surface area contributed by atoms with Crippen LogP contribution >= 0.6 is 0 Å². The van der Waals surface area contributed by atoms with E-state index in [9.17, 15) is 9.59 Å². The lowest BCUT2D eigenvalue weighted by Gasteiger charge is -2.05. The molecule has 0 aliphatic heterocycles. The van der Waals surface area contributed by atoms with Crippen molar-refractivity contribution in [2.75, 3.05) is 5.32 Å². The Morgan fingerprint density at radius 3 is 2.76 bits per heavy atom. The average molecular weight is 229 g/mol. The van der Waals surface area contributed by atoms with Crippen molar-refractivity contribution >= 4 is 17.3 Å². The fraction of sp³-hybridized carbons (Fsp3) is 0.0833. The van der Waals surface area contributed by atoms with Gasteiger partial charge in [-0.15, -0.1) is 0 Å². The topological polar surface area (TPSA) is 74.8 Å². The van der Waals surface area contributed by atoms with Crippen molar-refractivity contribution in [1.82, 2.24) is 10.2 Å². The van der Waals surface area contributed by atoms with Crippen LogP contribution < -0.4 is 10.9 Å². The predicted octanol–water partition coefficient (Wildman–Crippen LogP) is 1.72. The number of anilines is 2. The summed E-state index contributed by atoms with van der Waals surface area (Å²) in [7, 11) is 0. The standard InChI is InChI=1S/C12H11N3O2/c1-8(16)9-3-2-4-10(7-9)13-11-5-6-12(17)15-14-11/h2-7H,1H3,(H,13,14)(H,15,17). The lowest BCUT2D eigenvalue weighted by Crippen LogP contribution is -2.07. The molecule has 0 aliphatic carbocycles. The van der Waals surface area contributed by atoms with Crippen molar-refractivity contribution in [2.24, 2.45) is 0 Å². The molecule has 0 fully saturated rings. The van der Waals surface area contributed by atoms with Crippen molar-refractivity contribution in [3.05, 3.63) is 52.3 Å². The maximum Gasteiger partial charge on any atom is 0.264 e. The number of hydrogen-bond donors (Lipinski definition) is 2. The normalized spacial score (nSPS) is 9.94. The number of Topliss-reactive ketones (excluding diaryl/α,β-unsaturated/α-hetero) is 1. The Kier molecular flexibility index (Phi) is 3.00. The molecule has 0 amide bonds. The van der Waals surface area contributed by atoms with Gasteiger partial charge in [0.2, 0.25) is 0 Å².